The molecule has 0 bridgehead atoms. The lowest BCUT2D eigenvalue weighted by Crippen LogP contribution is -2.46. The minimum absolute atomic E-state index is 0. The summed E-state index contributed by atoms with van der Waals surface area (Å²) < 4.78 is 14.6. The van der Waals surface area contributed by atoms with Gasteiger partial charge in [-0.2, -0.15) is 0 Å². The van der Waals surface area contributed by atoms with Gasteiger partial charge in [0.1, 0.15) is 5.82 Å². The van der Waals surface area contributed by atoms with E-state index in [4.69, 9.17) is 5.73 Å². The van der Waals surface area contributed by atoms with Gasteiger partial charge in [-0.05, 0) is 37.6 Å². The molecule has 1 aromatic carbocycles. The van der Waals surface area contributed by atoms with Crippen LogP contribution in [0.3, 0.4) is 0 Å². The van der Waals surface area contributed by atoms with Gasteiger partial charge in [0, 0.05) is 50.9 Å². The molecule has 0 radical (unpaired) electrons. The van der Waals surface area contributed by atoms with E-state index in [-0.39, 0.29) is 42.6 Å². The van der Waals surface area contributed by atoms with Gasteiger partial charge in [-0.3, -0.25) is 4.79 Å². The highest BCUT2D eigenvalue weighted by Crippen LogP contribution is 2.23. The average Bonchev–Trinajstić information content (AvgIpc) is 2.61. The number of likely N-dealkylation sites (tertiary alicyclic amines) is 1. The number of likely N-dealkylation sites (N-methyl/N-ethyl adjacent to an activating group) is 1. The minimum Gasteiger partial charge on any atom is -0.367 e. The summed E-state index contributed by atoms with van der Waals surface area (Å²) in [5.74, 6) is -0.432. The molecule has 3 rings (SSSR count). The number of rotatable bonds is 3. The van der Waals surface area contributed by atoms with Crippen LogP contribution in [-0.4, -0.2) is 67.6 Å². The predicted molar refractivity (Wildman–Crippen MR) is 108 cm³/mol. The molecule has 1 unspecified atom stereocenters. The van der Waals surface area contributed by atoms with Crippen LogP contribution in [0.5, 0.6) is 0 Å². The number of anilines is 1. The first-order chi connectivity index (χ1) is 11.6. The molecule has 2 aliphatic heterocycles. The number of piperidine rings is 1. The Morgan fingerprint density at radius 1 is 1.19 bits per heavy atom. The number of hydrogen-bond donors (Lipinski definition) is 1. The van der Waals surface area contributed by atoms with Gasteiger partial charge >= 0.3 is 0 Å². The lowest BCUT2D eigenvalue weighted by Gasteiger charge is -2.35. The number of hydrogen-bond acceptors (Lipinski definition) is 4. The quantitative estimate of drug-likeness (QED) is 0.836. The van der Waals surface area contributed by atoms with Crippen molar-refractivity contribution in [2.24, 2.45) is 5.73 Å². The summed E-state index contributed by atoms with van der Waals surface area (Å²) in [6, 6.07) is 4.90. The summed E-state index contributed by atoms with van der Waals surface area (Å²) in [6.45, 7) is 7.96. The van der Waals surface area contributed by atoms with Crippen LogP contribution in [0, 0.1) is 5.82 Å². The molecule has 2 heterocycles. The highest BCUT2D eigenvalue weighted by molar-refractivity contribution is 5.94. The van der Waals surface area contributed by atoms with Crippen molar-refractivity contribution < 1.29 is 9.18 Å². The molecule has 0 aromatic heterocycles. The van der Waals surface area contributed by atoms with E-state index in [1.54, 1.807) is 17.0 Å². The zero-order valence-corrected chi connectivity index (χ0v) is 16.8. The number of nitrogens with two attached hydrogens (primary N) is 1. The summed E-state index contributed by atoms with van der Waals surface area (Å²) in [7, 11) is 0. The topological polar surface area (TPSA) is 52.8 Å². The molecule has 26 heavy (non-hydrogen) atoms. The average molecular weight is 407 g/mol. The highest BCUT2D eigenvalue weighted by Gasteiger charge is 2.24. The summed E-state index contributed by atoms with van der Waals surface area (Å²) in [6.07, 6.45) is 1.86. The number of halogens is 3. The number of carbonyl (C=O) groups excluding carboxylic acids is 1. The van der Waals surface area contributed by atoms with Crippen molar-refractivity contribution >= 4 is 36.4 Å². The maximum Gasteiger partial charge on any atom is 0.254 e. The van der Waals surface area contributed by atoms with Gasteiger partial charge in [0.05, 0.1) is 5.69 Å². The van der Waals surface area contributed by atoms with Gasteiger partial charge in [0.2, 0.25) is 0 Å². The van der Waals surface area contributed by atoms with Crippen molar-refractivity contribution in [1.82, 2.24) is 9.80 Å². The first-order valence-corrected chi connectivity index (χ1v) is 8.90. The second-order valence-corrected chi connectivity index (χ2v) is 6.74. The molecular formula is C18H29Cl2FN4O. The molecule has 0 saturated carbocycles. The van der Waals surface area contributed by atoms with E-state index in [9.17, 15) is 9.18 Å². The SMILES string of the molecule is CCN1CCN(c2ccc(C(=O)N3CCCC(N)C3)cc2F)CC1.Cl.Cl. The van der Waals surface area contributed by atoms with E-state index in [1.807, 2.05) is 0 Å². The fraction of sp³-hybridized carbons (Fsp3) is 0.611. The van der Waals surface area contributed by atoms with Crippen LogP contribution in [0.25, 0.3) is 0 Å². The van der Waals surface area contributed by atoms with Crippen molar-refractivity contribution in [3.8, 4) is 0 Å². The summed E-state index contributed by atoms with van der Waals surface area (Å²) in [5.41, 5.74) is 6.95. The molecular weight excluding hydrogens is 378 g/mol. The molecule has 5 nitrogen and oxygen atoms in total. The van der Waals surface area contributed by atoms with E-state index in [0.29, 0.717) is 24.3 Å². The molecule has 2 fully saturated rings. The predicted octanol–water partition coefficient (Wildman–Crippen LogP) is 2.37. The largest absolute Gasteiger partial charge is 0.367 e. The minimum atomic E-state index is -0.313. The van der Waals surface area contributed by atoms with Crippen molar-refractivity contribution in [2.75, 3.05) is 50.7 Å². The molecule has 0 spiro atoms. The second-order valence-electron chi connectivity index (χ2n) is 6.74. The van der Waals surface area contributed by atoms with E-state index in [0.717, 1.165) is 45.6 Å². The third-order valence-corrected chi connectivity index (χ3v) is 5.10. The molecule has 0 aliphatic carbocycles. The van der Waals surface area contributed by atoms with Crippen LogP contribution in [0.2, 0.25) is 0 Å². The van der Waals surface area contributed by atoms with E-state index < -0.39 is 0 Å². The Labute approximate surface area is 167 Å². The van der Waals surface area contributed by atoms with Crippen molar-refractivity contribution in [2.45, 2.75) is 25.8 Å². The summed E-state index contributed by atoms with van der Waals surface area (Å²) in [4.78, 5) is 18.7. The zero-order valence-electron chi connectivity index (χ0n) is 15.2. The molecule has 2 saturated heterocycles. The normalized spacial score (nSPS) is 21.0. The third-order valence-electron chi connectivity index (χ3n) is 5.10. The number of piperazine rings is 1. The maximum absolute atomic E-state index is 14.6. The van der Waals surface area contributed by atoms with Crippen LogP contribution in [0.1, 0.15) is 30.1 Å². The standard InChI is InChI=1S/C18H27FN4O.2ClH/c1-2-21-8-10-22(11-9-21)17-6-5-14(12-16(17)19)18(24)23-7-3-4-15(20)13-23;;/h5-6,12,15H,2-4,7-11,13,20H2,1H3;2*1H. The lowest BCUT2D eigenvalue weighted by atomic mass is 10.0. The molecule has 1 aromatic rings. The Bertz CT molecular complexity index is 597. The van der Waals surface area contributed by atoms with Gasteiger partial charge in [-0.15, -0.1) is 24.8 Å². The molecule has 1 atom stereocenters. The second kappa shape index (κ2) is 10.3. The highest BCUT2D eigenvalue weighted by atomic mass is 35.5. The first-order valence-electron chi connectivity index (χ1n) is 8.90. The molecule has 1 amide bonds. The first kappa shape index (κ1) is 23.0. The van der Waals surface area contributed by atoms with Crippen molar-refractivity contribution in [3.63, 3.8) is 0 Å². The van der Waals surface area contributed by atoms with Gasteiger partial charge in [0.15, 0.2) is 0 Å². The van der Waals surface area contributed by atoms with Crippen LogP contribution in [0.15, 0.2) is 18.2 Å². The monoisotopic (exact) mass is 406 g/mol. The van der Waals surface area contributed by atoms with E-state index >= 15 is 0 Å². The van der Waals surface area contributed by atoms with Gasteiger partial charge in [-0.25, -0.2) is 4.39 Å². The smallest absolute Gasteiger partial charge is 0.254 e. The van der Waals surface area contributed by atoms with Gasteiger partial charge in [0.25, 0.3) is 5.91 Å². The molecule has 148 valence electrons. The maximum atomic E-state index is 14.6. The van der Waals surface area contributed by atoms with Crippen molar-refractivity contribution in [3.05, 3.63) is 29.6 Å². The molecule has 2 N–H and O–H groups in total. The number of benzene rings is 1. The summed E-state index contributed by atoms with van der Waals surface area (Å²) in [5, 5.41) is 0. The Balaban J connectivity index is 0.00000169. The summed E-state index contributed by atoms with van der Waals surface area (Å²) >= 11 is 0. The van der Waals surface area contributed by atoms with Crippen LogP contribution in [0.4, 0.5) is 10.1 Å². The molecule has 2 aliphatic rings. The lowest BCUT2D eigenvalue weighted by molar-refractivity contribution is 0.0708. The van der Waals surface area contributed by atoms with Crippen LogP contribution in [-0.2, 0) is 0 Å². The van der Waals surface area contributed by atoms with E-state index in [1.165, 1.54) is 6.07 Å². The number of carbonyl (C=O) groups is 1. The van der Waals surface area contributed by atoms with Crippen LogP contribution >= 0.6 is 24.8 Å². The molecule has 8 heteroatoms. The Morgan fingerprint density at radius 3 is 2.46 bits per heavy atom. The fourth-order valence-corrected chi connectivity index (χ4v) is 3.58. The van der Waals surface area contributed by atoms with Gasteiger partial charge < -0.3 is 20.4 Å². The van der Waals surface area contributed by atoms with E-state index in [2.05, 4.69) is 16.7 Å². The third kappa shape index (κ3) is 5.22. The van der Waals surface area contributed by atoms with Crippen LogP contribution < -0.4 is 10.6 Å². The number of nitrogens with zero attached hydrogens (tertiary/aromatic N) is 3. The Kier molecular flexibility index (Phi) is 9.10. The Hall–Kier alpha value is -1.08. The van der Waals surface area contributed by atoms with Crippen molar-refractivity contribution in [1.29, 1.82) is 0 Å². The Morgan fingerprint density at radius 2 is 1.88 bits per heavy atom. The number of amides is 1. The zero-order chi connectivity index (χ0) is 17.1. The van der Waals surface area contributed by atoms with Gasteiger partial charge in [-0.1, -0.05) is 6.92 Å². The fourth-order valence-electron chi connectivity index (χ4n) is 3.58.